The van der Waals surface area contributed by atoms with E-state index in [4.69, 9.17) is 0 Å². The van der Waals surface area contributed by atoms with Gasteiger partial charge in [0, 0.05) is 51.2 Å². The molecule has 152 valence electrons. The van der Waals surface area contributed by atoms with Crippen LogP contribution in [0.25, 0.3) is 0 Å². The Balaban J connectivity index is 1.28. The van der Waals surface area contributed by atoms with Crippen LogP contribution in [0.4, 0.5) is 0 Å². The maximum atomic E-state index is 12.0. The van der Waals surface area contributed by atoms with Crippen LogP contribution in [0.3, 0.4) is 0 Å². The van der Waals surface area contributed by atoms with Gasteiger partial charge in [-0.25, -0.2) is 4.72 Å². The van der Waals surface area contributed by atoms with Crippen molar-refractivity contribution >= 4 is 10.2 Å². The zero-order valence-electron chi connectivity index (χ0n) is 16.3. The van der Waals surface area contributed by atoms with E-state index in [0.29, 0.717) is 37.5 Å². The van der Waals surface area contributed by atoms with Crippen molar-refractivity contribution in [3.63, 3.8) is 0 Å². The largest absolute Gasteiger partial charge is 0.311 e. The summed E-state index contributed by atoms with van der Waals surface area (Å²) in [6, 6.07) is 14.0. The first-order valence-corrected chi connectivity index (χ1v) is 11.5. The molecule has 3 fully saturated rings. The summed E-state index contributed by atoms with van der Waals surface area (Å²) in [4.78, 5) is 2.34. The van der Waals surface area contributed by atoms with E-state index in [-0.39, 0.29) is 5.54 Å². The molecule has 0 amide bonds. The molecule has 1 saturated carbocycles. The molecule has 7 nitrogen and oxygen atoms in total. The molecule has 0 radical (unpaired) electrons. The Morgan fingerprint density at radius 1 is 1.21 bits per heavy atom. The fourth-order valence-electron chi connectivity index (χ4n) is 4.75. The molecule has 0 unspecified atom stereocenters. The van der Waals surface area contributed by atoms with Crippen molar-refractivity contribution in [2.24, 2.45) is 0 Å². The number of piperidine rings is 1. The highest BCUT2D eigenvalue weighted by Crippen LogP contribution is 2.42. The van der Waals surface area contributed by atoms with Crippen molar-refractivity contribution in [2.75, 3.05) is 33.2 Å². The third-order valence-electron chi connectivity index (χ3n) is 6.58. The molecule has 2 saturated heterocycles. The lowest BCUT2D eigenvalue weighted by molar-refractivity contribution is -0.0260. The Morgan fingerprint density at radius 3 is 2.50 bits per heavy atom. The number of rotatable bonds is 7. The van der Waals surface area contributed by atoms with Crippen LogP contribution in [0.2, 0.25) is 0 Å². The SMILES string of the molecule is CNS(=O)(=O)N1CC(CC#N)(N2CCC(N[C@@H]3C[C@H]3c3ccccc3)CC2)C1. The predicted octanol–water partition coefficient (Wildman–Crippen LogP) is 1.03. The summed E-state index contributed by atoms with van der Waals surface area (Å²) in [5.41, 5.74) is 1.10. The number of nitriles is 1. The van der Waals surface area contributed by atoms with Gasteiger partial charge in [-0.05, 0) is 24.8 Å². The van der Waals surface area contributed by atoms with Crippen LogP contribution in [0.5, 0.6) is 0 Å². The normalized spacial score (nSPS) is 28.4. The van der Waals surface area contributed by atoms with Gasteiger partial charge in [-0.1, -0.05) is 30.3 Å². The van der Waals surface area contributed by atoms with Gasteiger partial charge in [0.2, 0.25) is 0 Å². The molecule has 0 aromatic heterocycles. The first-order chi connectivity index (χ1) is 13.5. The summed E-state index contributed by atoms with van der Waals surface area (Å²) in [7, 11) is -1.98. The number of nitrogens with one attached hydrogen (secondary N) is 2. The fourth-order valence-corrected chi connectivity index (χ4v) is 5.83. The third kappa shape index (κ3) is 3.82. The second-order valence-corrected chi connectivity index (χ2v) is 10.2. The van der Waals surface area contributed by atoms with Gasteiger partial charge in [0.25, 0.3) is 10.2 Å². The Morgan fingerprint density at radius 2 is 1.89 bits per heavy atom. The van der Waals surface area contributed by atoms with Gasteiger partial charge in [0.15, 0.2) is 0 Å². The highest BCUT2D eigenvalue weighted by atomic mass is 32.2. The van der Waals surface area contributed by atoms with Crippen molar-refractivity contribution in [1.82, 2.24) is 19.2 Å². The van der Waals surface area contributed by atoms with Crippen molar-refractivity contribution < 1.29 is 8.42 Å². The van der Waals surface area contributed by atoms with Crippen LogP contribution < -0.4 is 10.0 Å². The summed E-state index contributed by atoms with van der Waals surface area (Å²) in [5.74, 6) is 0.635. The summed E-state index contributed by atoms with van der Waals surface area (Å²) in [6.07, 6.45) is 3.67. The standard InChI is InChI=1S/C20H29N5O2S/c1-22-28(26,27)25-14-20(15-25,9-10-21)24-11-7-17(8-12-24)23-19-13-18(19)16-5-3-2-4-6-16/h2-6,17-19,22-23H,7-9,11-15H2,1H3/t18-,19+/m0/s1. The van der Waals surface area contributed by atoms with Gasteiger partial charge >= 0.3 is 0 Å². The van der Waals surface area contributed by atoms with Crippen molar-refractivity contribution in [3.05, 3.63) is 35.9 Å². The summed E-state index contributed by atoms with van der Waals surface area (Å²) in [5, 5.41) is 13.1. The van der Waals surface area contributed by atoms with Crippen LogP contribution in [-0.2, 0) is 10.2 Å². The maximum absolute atomic E-state index is 12.0. The molecule has 2 N–H and O–H groups in total. The molecule has 2 atom stereocenters. The Kier molecular flexibility index (Phi) is 5.47. The summed E-state index contributed by atoms with van der Waals surface area (Å²) < 4.78 is 27.8. The van der Waals surface area contributed by atoms with E-state index in [0.717, 1.165) is 25.9 Å². The van der Waals surface area contributed by atoms with Crippen LogP contribution in [0.1, 0.15) is 37.2 Å². The molecule has 1 aromatic rings. The van der Waals surface area contributed by atoms with Gasteiger partial charge in [-0.3, -0.25) is 4.90 Å². The first-order valence-electron chi connectivity index (χ1n) is 10.1. The quantitative estimate of drug-likeness (QED) is 0.710. The van der Waals surface area contributed by atoms with Gasteiger partial charge in [0.1, 0.15) is 0 Å². The number of hydrogen-bond acceptors (Lipinski definition) is 5. The smallest absolute Gasteiger partial charge is 0.279 e. The number of likely N-dealkylation sites (tertiary alicyclic amines) is 1. The lowest BCUT2D eigenvalue weighted by Gasteiger charge is -2.55. The second-order valence-electron chi connectivity index (χ2n) is 8.32. The molecule has 3 aliphatic rings. The van der Waals surface area contributed by atoms with Gasteiger partial charge in [-0.2, -0.15) is 18.0 Å². The van der Waals surface area contributed by atoms with Gasteiger partial charge in [0.05, 0.1) is 18.0 Å². The van der Waals surface area contributed by atoms with Gasteiger partial charge < -0.3 is 5.32 Å². The predicted molar refractivity (Wildman–Crippen MR) is 108 cm³/mol. The number of hydrogen-bond donors (Lipinski definition) is 2. The van der Waals surface area contributed by atoms with E-state index in [1.165, 1.54) is 23.3 Å². The summed E-state index contributed by atoms with van der Waals surface area (Å²) in [6.45, 7) is 2.63. The van der Waals surface area contributed by atoms with E-state index in [1.807, 2.05) is 0 Å². The second kappa shape index (κ2) is 7.73. The Hall–Kier alpha value is -1.50. The highest BCUT2D eigenvalue weighted by molar-refractivity contribution is 7.87. The third-order valence-corrected chi connectivity index (χ3v) is 8.03. The summed E-state index contributed by atoms with van der Waals surface area (Å²) >= 11 is 0. The zero-order chi connectivity index (χ0) is 19.8. The Labute approximate surface area is 167 Å². The molecule has 1 aliphatic carbocycles. The lowest BCUT2D eigenvalue weighted by atomic mass is 9.84. The van der Waals surface area contributed by atoms with Crippen molar-refractivity contribution in [1.29, 1.82) is 5.26 Å². The molecule has 28 heavy (non-hydrogen) atoms. The highest BCUT2D eigenvalue weighted by Gasteiger charge is 2.52. The minimum atomic E-state index is -3.41. The molecule has 8 heteroatoms. The van der Waals surface area contributed by atoms with Crippen molar-refractivity contribution in [3.8, 4) is 6.07 Å². The zero-order valence-corrected chi connectivity index (χ0v) is 17.2. The van der Waals surface area contributed by atoms with Gasteiger partial charge in [-0.15, -0.1) is 0 Å². The molecule has 2 aliphatic heterocycles. The molecular weight excluding hydrogens is 374 g/mol. The van der Waals surface area contributed by atoms with E-state index in [1.54, 1.807) is 0 Å². The average molecular weight is 404 g/mol. The molecule has 1 aromatic carbocycles. The van der Waals surface area contributed by atoms with Crippen molar-refractivity contribution in [2.45, 2.75) is 49.2 Å². The van der Waals surface area contributed by atoms with Crippen LogP contribution in [0.15, 0.2) is 30.3 Å². The fraction of sp³-hybridized carbons (Fsp3) is 0.650. The molecule has 2 heterocycles. The molecule has 0 bridgehead atoms. The first kappa shape index (κ1) is 19.8. The molecule has 0 spiro atoms. The minimum Gasteiger partial charge on any atom is -0.311 e. The van der Waals surface area contributed by atoms with E-state index >= 15 is 0 Å². The monoisotopic (exact) mass is 403 g/mol. The average Bonchev–Trinajstić information content (AvgIpc) is 3.45. The van der Waals surface area contributed by atoms with Crippen LogP contribution in [0, 0.1) is 11.3 Å². The molecular formula is C20H29N5O2S. The Bertz CT molecular complexity index is 824. The number of benzene rings is 1. The van der Waals surface area contributed by atoms with Crippen LogP contribution in [-0.4, -0.2) is 68.5 Å². The lowest BCUT2D eigenvalue weighted by Crippen LogP contribution is -2.73. The maximum Gasteiger partial charge on any atom is 0.279 e. The topological polar surface area (TPSA) is 88.5 Å². The van der Waals surface area contributed by atoms with E-state index in [2.05, 4.69) is 51.3 Å². The van der Waals surface area contributed by atoms with E-state index < -0.39 is 10.2 Å². The van der Waals surface area contributed by atoms with E-state index in [9.17, 15) is 13.7 Å². The van der Waals surface area contributed by atoms with Crippen LogP contribution >= 0.6 is 0 Å². The minimum absolute atomic E-state index is 0.324. The molecule has 4 rings (SSSR count). The number of nitrogens with zero attached hydrogens (tertiary/aromatic N) is 3.